The Labute approximate surface area is 217 Å². The van der Waals surface area contributed by atoms with E-state index in [-0.39, 0.29) is 17.1 Å². The summed E-state index contributed by atoms with van der Waals surface area (Å²) in [6.45, 7) is 2.18. The Balaban J connectivity index is 1.47. The van der Waals surface area contributed by atoms with E-state index in [2.05, 4.69) is 10.1 Å². The highest BCUT2D eigenvalue weighted by Gasteiger charge is 2.16. The molecule has 3 aromatic carbocycles. The smallest absolute Gasteiger partial charge is 0.343 e. The molecule has 0 aliphatic heterocycles. The number of esters is 1. The van der Waals surface area contributed by atoms with Crippen molar-refractivity contribution in [1.82, 2.24) is 9.66 Å². The molecule has 0 amide bonds. The standard InChI is InChI=1S/C29H23N3O6/c1-3-36-26-17-19(10-15-24(26)38-29(34)20-11-13-21(35-2)14-12-20)18-30-32-27(25-9-6-16-37-25)31-23-8-5-4-7-22(23)28(32)33/h4-18H,3H2,1-2H3. The first-order valence-corrected chi connectivity index (χ1v) is 11.8. The largest absolute Gasteiger partial charge is 0.497 e. The molecule has 0 spiro atoms. The molecule has 0 aliphatic rings. The van der Waals surface area contributed by atoms with Crippen LogP contribution in [-0.2, 0) is 0 Å². The van der Waals surface area contributed by atoms with E-state index in [9.17, 15) is 9.59 Å². The summed E-state index contributed by atoms with van der Waals surface area (Å²) in [5.74, 6) is 1.38. The molecule has 9 heteroatoms. The van der Waals surface area contributed by atoms with Gasteiger partial charge >= 0.3 is 5.97 Å². The van der Waals surface area contributed by atoms with Crippen molar-refractivity contribution in [3.63, 3.8) is 0 Å². The maximum Gasteiger partial charge on any atom is 0.343 e. The lowest BCUT2D eigenvalue weighted by Gasteiger charge is -2.12. The van der Waals surface area contributed by atoms with Crippen molar-refractivity contribution in [3.05, 3.63) is 107 Å². The van der Waals surface area contributed by atoms with Crippen LogP contribution in [0.3, 0.4) is 0 Å². The van der Waals surface area contributed by atoms with Gasteiger partial charge in [0.25, 0.3) is 5.56 Å². The molecule has 5 aromatic rings. The van der Waals surface area contributed by atoms with Crippen molar-refractivity contribution in [3.8, 4) is 28.8 Å². The van der Waals surface area contributed by atoms with Crippen LogP contribution in [-0.4, -0.2) is 35.6 Å². The third kappa shape index (κ3) is 5.03. The first kappa shape index (κ1) is 24.5. The van der Waals surface area contributed by atoms with E-state index in [4.69, 9.17) is 18.6 Å². The van der Waals surface area contributed by atoms with E-state index in [1.54, 1.807) is 79.9 Å². The van der Waals surface area contributed by atoms with Gasteiger partial charge in [-0.2, -0.15) is 9.78 Å². The minimum absolute atomic E-state index is 0.255. The number of benzene rings is 3. The van der Waals surface area contributed by atoms with Gasteiger partial charge in [-0.1, -0.05) is 12.1 Å². The monoisotopic (exact) mass is 509 g/mol. The number of ether oxygens (including phenoxy) is 3. The lowest BCUT2D eigenvalue weighted by Crippen LogP contribution is -2.20. The van der Waals surface area contributed by atoms with Gasteiger partial charge in [-0.3, -0.25) is 4.79 Å². The minimum atomic E-state index is -0.535. The van der Waals surface area contributed by atoms with Gasteiger partial charge in [0, 0.05) is 0 Å². The Hall–Kier alpha value is -5.18. The third-order valence-electron chi connectivity index (χ3n) is 5.61. The molecule has 9 nitrogen and oxygen atoms in total. The lowest BCUT2D eigenvalue weighted by atomic mass is 10.2. The second kappa shape index (κ2) is 10.8. The van der Waals surface area contributed by atoms with Crippen molar-refractivity contribution >= 4 is 23.1 Å². The highest BCUT2D eigenvalue weighted by atomic mass is 16.6. The average Bonchev–Trinajstić information content (AvgIpc) is 3.49. The number of rotatable bonds is 8. The summed E-state index contributed by atoms with van der Waals surface area (Å²) in [6.07, 6.45) is 3.01. The number of carbonyl (C=O) groups excluding carboxylic acids is 1. The summed E-state index contributed by atoms with van der Waals surface area (Å²) in [5, 5.41) is 4.85. The van der Waals surface area contributed by atoms with Crippen LogP contribution in [0.1, 0.15) is 22.8 Å². The van der Waals surface area contributed by atoms with E-state index in [1.165, 1.54) is 17.2 Å². The number of hydrogen-bond donors (Lipinski definition) is 0. The van der Waals surface area contributed by atoms with Crippen LogP contribution in [0.15, 0.2) is 99.4 Å². The quantitative estimate of drug-likeness (QED) is 0.162. The van der Waals surface area contributed by atoms with Crippen molar-refractivity contribution in [2.75, 3.05) is 13.7 Å². The summed E-state index contributed by atoms with van der Waals surface area (Å²) in [4.78, 5) is 30.5. The van der Waals surface area contributed by atoms with Crippen molar-refractivity contribution in [2.45, 2.75) is 6.92 Å². The van der Waals surface area contributed by atoms with Crippen LogP contribution in [0.4, 0.5) is 0 Å². The Morgan fingerprint density at radius 1 is 1.03 bits per heavy atom. The molecular weight excluding hydrogens is 486 g/mol. The molecule has 0 unspecified atom stereocenters. The first-order valence-electron chi connectivity index (χ1n) is 11.8. The van der Waals surface area contributed by atoms with Gasteiger partial charge in [0.15, 0.2) is 17.3 Å². The third-order valence-corrected chi connectivity index (χ3v) is 5.61. The fraction of sp³-hybridized carbons (Fsp3) is 0.103. The van der Waals surface area contributed by atoms with E-state index in [0.717, 1.165) is 0 Å². The number of methoxy groups -OCH3 is 1. The molecule has 2 aromatic heterocycles. The molecule has 0 saturated carbocycles. The molecule has 5 rings (SSSR count). The highest BCUT2D eigenvalue weighted by molar-refractivity contribution is 5.92. The van der Waals surface area contributed by atoms with Crippen LogP contribution in [0, 0.1) is 0 Å². The Morgan fingerprint density at radius 2 is 1.84 bits per heavy atom. The van der Waals surface area contributed by atoms with Gasteiger partial charge < -0.3 is 18.6 Å². The summed E-state index contributed by atoms with van der Waals surface area (Å²) in [7, 11) is 1.55. The maximum absolute atomic E-state index is 13.3. The molecule has 0 fully saturated rings. The van der Waals surface area contributed by atoms with E-state index < -0.39 is 5.97 Å². The summed E-state index contributed by atoms with van der Waals surface area (Å²) < 4.78 is 23.1. The molecule has 0 radical (unpaired) electrons. The van der Waals surface area contributed by atoms with Gasteiger partial charge in [-0.25, -0.2) is 9.78 Å². The van der Waals surface area contributed by atoms with Crippen LogP contribution < -0.4 is 19.8 Å². The zero-order valence-corrected chi connectivity index (χ0v) is 20.7. The van der Waals surface area contributed by atoms with Gasteiger partial charge in [-0.05, 0) is 79.2 Å². The fourth-order valence-electron chi connectivity index (χ4n) is 3.76. The molecule has 0 N–H and O–H groups in total. The molecule has 0 bridgehead atoms. The molecule has 0 saturated heterocycles. The van der Waals surface area contributed by atoms with Crippen LogP contribution in [0.5, 0.6) is 17.2 Å². The fourth-order valence-corrected chi connectivity index (χ4v) is 3.76. The van der Waals surface area contributed by atoms with Gasteiger partial charge in [-0.15, -0.1) is 0 Å². The molecule has 190 valence electrons. The Morgan fingerprint density at radius 3 is 2.58 bits per heavy atom. The SMILES string of the molecule is CCOc1cc(C=Nn2c(-c3ccco3)nc3ccccc3c2=O)ccc1OC(=O)c1ccc(OC)cc1. The Bertz CT molecular complexity index is 1670. The zero-order valence-electron chi connectivity index (χ0n) is 20.7. The van der Waals surface area contributed by atoms with Crippen molar-refractivity contribution in [2.24, 2.45) is 5.10 Å². The average molecular weight is 510 g/mol. The van der Waals surface area contributed by atoms with Crippen LogP contribution in [0.25, 0.3) is 22.5 Å². The van der Waals surface area contributed by atoms with Crippen LogP contribution in [0.2, 0.25) is 0 Å². The normalized spacial score (nSPS) is 11.1. The molecule has 0 aliphatic carbocycles. The second-order valence-corrected chi connectivity index (χ2v) is 8.05. The number of para-hydroxylation sites is 1. The van der Waals surface area contributed by atoms with Crippen molar-refractivity contribution < 1.29 is 23.4 Å². The lowest BCUT2D eigenvalue weighted by molar-refractivity contribution is 0.0728. The Kier molecular flexibility index (Phi) is 6.99. The molecule has 0 atom stereocenters. The van der Waals surface area contributed by atoms with Crippen molar-refractivity contribution in [1.29, 1.82) is 0 Å². The number of hydrogen-bond acceptors (Lipinski definition) is 8. The number of carbonyl (C=O) groups is 1. The topological polar surface area (TPSA) is 105 Å². The zero-order chi connectivity index (χ0) is 26.5. The summed E-state index contributed by atoms with van der Waals surface area (Å²) >= 11 is 0. The van der Waals surface area contributed by atoms with Gasteiger partial charge in [0.1, 0.15) is 5.75 Å². The maximum atomic E-state index is 13.3. The number of aromatic nitrogens is 2. The van der Waals surface area contributed by atoms with E-state index in [1.807, 2.05) is 13.0 Å². The van der Waals surface area contributed by atoms with E-state index >= 15 is 0 Å². The molecule has 2 heterocycles. The van der Waals surface area contributed by atoms with E-state index in [0.29, 0.717) is 45.9 Å². The minimum Gasteiger partial charge on any atom is -0.497 e. The molecular formula is C29H23N3O6. The predicted octanol–water partition coefficient (Wildman–Crippen LogP) is 5.17. The second-order valence-electron chi connectivity index (χ2n) is 8.05. The molecule has 38 heavy (non-hydrogen) atoms. The number of furan rings is 1. The predicted molar refractivity (Wildman–Crippen MR) is 142 cm³/mol. The number of fused-ring (bicyclic) bond motifs is 1. The van der Waals surface area contributed by atoms with Crippen LogP contribution >= 0.6 is 0 Å². The van der Waals surface area contributed by atoms with Gasteiger partial charge in [0.2, 0.25) is 5.82 Å². The number of nitrogens with zero attached hydrogens (tertiary/aromatic N) is 3. The highest BCUT2D eigenvalue weighted by Crippen LogP contribution is 2.29. The summed E-state index contributed by atoms with van der Waals surface area (Å²) in [5.41, 5.74) is 1.18. The van der Waals surface area contributed by atoms with Gasteiger partial charge in [0.05, 0.1) is 42.7 Å². The summed E-state index contributed by atoms with van der Waals surface area (Å²) in [6, 6.07) is 22.1. The first-order chi connectivity index (χ1) is 18.6.